The van der Waals surface area contributed by atoms with Crippen LogP contribution in [0.2, 0.25) is 5.15 Å². The van der Waals surface area contributed by atoms with Gasteiger partial charge in [0, 0.05) is 57.7 Å². The number of rotatable bonds is 3. The molecule has 2 fully saturated rings. The Morgan fingerprint density at radius 1 is 0.721 bits per heavy atom. The number of hydrogen-bond acceptors (Lipinski definition) is 8. The molecule has 2 aliphatic heterocycles. The van der Waals surface area contributed by atoms with Gasteiger partial charge >= 0.3 is 0 Å². The Balaban J connectivity index is 0.000000163. The van der Waals surface area contributed by atoms with Gasteiger partial charge in [-0.1, -0.05) is 72.3 Å². The highest BCUT2D eigenvalue weighted by atomic mass is 35.5. The lowest BCUT2D eigenvalue weighted by molar-refractivity contribution is 0.241. The van der Waals surface area contributed by atoms with Gasteiger partial charge in [-0.3, -0.25) is 0 Å². The lowest BCUT2D eigenvalue weighted by Crippen LogP contribution is -2.47. The molecule has 8 nitrogen and oxygen atoms in total. The molecule has 4 heterocycles. The van der Waals surface area contributed by atoms with Gasteiger partial charge in [0.05, 0.1) is 17.2 Å². The number of nitrogens with one attached hydrogen (secondary N) is 1. The highest BCUT2D eigenvalue weighted by molar-refractivity contribution is 6.30. The van der Waals surface area contributed by atoms with Gasteiger partial charge in [0.25, 0.3) is 0 Å². The van der Waals surface area contributed by atoms with E-state index in [0.717, 1.165) is 45.1 Å². The molecule has 2 saturated heterocycles. The summed E-state index contributed by atoms with van der Waals surface area (Å²) < 4.78 is 0. The minimum atomic E-state index is 0.229. The standard InChI is InChI=1S/C17H18N4.C11H16N2.C6H3ClN2/c1-20-10-11-21(17-15(12-18)8-5-9-19-17)16(13-20)14-6-3-2-4-7-14;1-13-8-7-12-11(9-13)10-5-3-2-4-6-10;7-6-5(4-8)2-1-3-9-6/h2-9,16H,10-11,13H2,1H3;2-6,11-12H,7-9H2,1H3;1-3H. The van der Waals surface area contributed by atoms with Gasteiger partial charge in [0.2, 0.25) is 0 Å². The monoisotopic (exact) mass is 592 g/mol. The van der Waals surface area contributed by atoms with E-state index in [2.05, 4.69) is 105 Å². The lowest BCUT2D eigenvalue weighted by atomic mass is 10.0. The third-order valence-corrected chi connectivity index (χ3v) is 7.71. The fraction of sp³-hybridized carbons (Fsp3) is 0.294. The number of benzene rings is 2. The number of likely N-dealkylation sites (N-methyl/N-ethyl adjacent to an activating group) is 2. The number of halogens is 1. The van der Waals surface area contributed by atoms with E-state index >= 15 is 0 Å². The smallest absolute Gasteiger partial charge is 0.147 e. The molecule has 9 heteroatoms. The molecule has 2 aromatic heterocycles. The summed E-state index contributed by atoms with van der Waals surface area (Å²) >= 11 is 5.49. The van der Waals surface area contributed by atoms with Crippen LogP contribution in [-0.2, 0) is 0 Å². The Bertz CT molecular complexity index is 1500. The number of piperazine rings is 2. The molecular formula is C34H37ClN8. The second-order valence-corrected chi connectivity index (χ2v) is 10.9. The van der Waals surface area contributed by atoms with E-state index in [9.17, 15) is 5.26 Å². The van der Waals surface area contributed by atoms with Crippen LogP contribution in [0.15, 0.2) is 97.3 Å². The first kappa shape index (κ1) is 31.6. The largest absolute Gasteiger partial charge is 0.346 e. The summed E-state index contributed by atoms with van der Waals surface area (Å²) in [7, 11) is 4.31. The molecular weight excluding hydrogens is 556 g/mol. The van der Waals surface area contributed by atoms with E-state index in [1.807, 2.05) is 24.3 Å². The molecule has 43 heavy (non-hydrogen) atoms. The number of anilines is 1. The summed E-state index contributed by atoms with van der Waals surface area (Å²) in [5.74, 6) is 0.793. The van der Waals surface area contributed by atoms with Crippen LogP contribution >= 0.6 is 11.6 Å². The molecule has 0 amide bonds. The van der Waals surface area contributed by atoms with Crippen LogP contribution in [0.3, 0.4) is 0 Å². The molecule has 0 radical (unpaired) electrons. The Kier molecular flexibility index (Phi) is 12.0. The first-order chi connectivity index (χ1) is 21.0. The second kappa shape index (κ2) is 16.4. The van der Waals surface area contributed by atoms with Gasteiger partial charge in [-0.05, 0) is 49.5 Å². The Morgan fingerprint density at radius 2 is 1.33 bits per heavy atom. The fourth-order valence-electron chi connectivity index (χ4n) is 5.12. The van der Waals surface area contributed by atoms with Crippen molar-refractivity contribution in [1.82, 2.24) is 25.1 Å². The Hall–Kier alpha value is -4.31. The van der Waals surface area contributed by atoms with Crippen molar-refractivity contribution in [1.29, 1.82) is 10.5 Å². The van der Waals surface area contributed by atoms with Crippen molar-refractivity contribution >= 4 is 17.4 Å². The predicted octanol–water partition coefficient (Wildman–Crippen LogP) is 5.32. The zero-order valence-electron chi connectivity index (χ0n) is 24.6. The van der Waals surface area contributed by atoms with Gasteiger partial charge in [0.15, 0.2) is 0 Å². The van der Waals surface area contributed by atoms with Crippen molar-refractivity contribution in [3.05, 3.63) is 125 Å². The molecule has 2 aromatic carbocycles. The number of hydrogen-bond donors (Lipinski definition) is 1. The van der Waals surface area contributed by atoms with Gasteiger partial charge in [-0.2, -0.15) is 10.5 Å². The van der Waals surface area contributed by atoms with Gasteiger partial charge in [-0.25, -0.2) is 9.97 Å². The predicted molar refractivity (Wildman–Crippen MR) is 172 cm³/mol. The van der Waals surface area contributed by atoms with E-state index in [1.54, 1.807) is 24.5 Å². The zero-order chi connectivity index (χ0) is 30.4. The lowest BCUT2D eigenvalue weighted by Gasteiger charge is -2.41. The summed E-state index contributed by atoms with van der Waals surface area (Å²) in [6, 6.07) is 32.9. The molecule has 0 saturated carbocycles. The van der Waals surface area contributed by atoms with Crippen molar-refractivity contribution < 1.29 is 0 Å². The molecule has 1 N–H and O–H groups in total. The minimum absolute atomic E-state index is 0.229. The van der Waals surface area contributed by atoms with E-state index in [4.69, 9.17) is 16.9 Å². The van der Waals surface area contributed by atoms with Crippen LogP contribution in [0.4, 0.5) is 5.82 Å². The van der Waals surface area contributed by atoms with Gasteiger partial charge in [-0.15, -0.1) is 0 Å². The van der Waals surface area contributed by atoms with Crippen LogP contribution in [0.25, 0.3) is 0 Å². The molecule has 0 bridgehead atoms. The fourth-order valence-corrected chi connectivity index (χ4v) is 5.28. The van der Waals surface area contributed by atoms with Crippen LogP contribution in [-0.4, -0.2) is 73.1 Å². The maximum absolute atomic E-state index is 9.33. The van der Waals surface area contributed by atoms with E-state index in [0.29, 0.717) is 17.2 Å². The maximum Gasteiger partial charge on any atom is 0.147 e. The number of pyridine rings is 2. The van der Waals surface area contributed by atoms with Crippen molar-refractivity contribution in [2.24, 2.45) is 0 Å². The SMILES string of the molecule is CN1CCN(c2ncccc2C#N)C(c2ccccc2)C1.CN1CCNC(c2ccccc2)C1.N#Cc1cccnc1Cl. The average Bonchev–Trinajstić information content (AvgIpc) is 3.06. The summed E-state index contributed by atoms with van der Waals surface area (Å²) in [5, 5.41) is 21.5. The van der Waals surface area contributed by atoms with Crippen LogP contribution in [0, 0.1) is 22.7 Å². The Morgan fingerprint density at radius 3 is 1.93 bits per heavy atom. The summed E-state index contributed by atoms with van der Waals surface area (Å²) in [6.07, 6.45) is 3.31. The normalized spacial score (nSPS) is 18.6. The Labute approximate surface area is 259 Å². The summed E-state index contributed by atoms with van der Waals surface area (Å²) in [4.78, 5) is 15.1. The number of nitriles is 2. The molecule has 2 atom stereocenters. The average molecular weight is 593 g/mol. The van der Waals surface area contributed by atoms with E-state index < -0.39 is 0 Å². The third kappa shape index (κ3) is 9.09. The first-order valence-electron chi connectivity index (χ1n) is 14.3. The summed E-state index contributed by atoms with van der Waals surface area (Å²) in [5.41, 5.74) is 3.72. The third-order valence-electron chi connectivity index (χ3n) is 7.41. The van der Waals surface area contributed by atoms with Gasteiger partial charge < -0.3 is 20.0 Å². The maximum atomic E-state index is 9.33. The minimum Gasteiger partial charge on any atom is -0.346 e. The second-order valence-electron chi connectivity index (χ2n) is 10.5. The number of aromatic nitrogens is 2. The van der Waals surface area contributed by atoms with Crippen molar-refractivity contribution in [2.45, 2.75) is 12.1 Å². The van der Waals surface area contributed by atoms with Crippen molar-refractivity contribution in [3.63, 3.8) is 0 Å². The highest BCUT2D eigenvalue weighted by Crippen LogP contribution is 2.30. The molecule has 4 aromatic rings. The zero-order valence-corrected chi connectivity index (χ0v) is 25.4. The first-order valence-corrected chi connectivity index (χ1v) is 14.7. The molecule has 0 aliphatic carbocycles. The topological polar surface area (TPSA) is 95.1 Å². The van der Waals surface area contributed by atoms with Crippen molar-refractivity contribution in [3.8, 4) is 12.1 Å². The van der Waals surface area contributed by atoms with Crippen LogP contribution in [0.1, 0.15) is 34.3 Å². The highest BCUT2D eigenvalue weighted by Gasteiger charge is 2.29. The van der Waals surface area contributed by atoms with Crippen LogP contribution < -0.4 is 10.2 Å². The van der Waals surface area contributed by atoms with Gasteiger partial charge in [0.1, 0.15) is 23.1 Å². The molecule has 6 rings (SSSR count). The van der Waals surface area contributed by atoms with Crippen LogP contribution in [0.5, 0.6) is 0 Å². The van der Waals surface area contributed by atoms with E-state index in [1.165, 1.54) is 11.1 Å². The summed E-state index contributed by atoms with van der Waals surface area (Å²) in [6.45, 7) is 6.15. The number of nitrogens with zero attached hydrogens (tertiary/aromatic N) is 7. The molecule has 2 unspecified atom stereocenters. The van der Waals surface area contributed by atoms with Crippen molar-refractivity contribution in [2.75, 3.05) is 58.3 Å². The molecule has 0 spiro atoms. The molecule has 220 valence electrons. The molecule has 2 aliphatic rings. The quantitative estimate of drug-likeness (QED) is 0.320. The van der Waals surface area contributed by atoms with E-state index in [-0.39, 0.29) is 11.2 Å².